The van der Waals surface area contributed by atoms with Gasteiger partial charge in [0.2, 0.25) is 0 Å². The van der Waals surface area contributed by atoms with Crippen molar-refractivity contribution in [3.8, 4) is 11.8 Å². The van der Waals surface area contributed by atoms with Crippen LogP contribution in [0.4, 0.5) is 19.0 Å². The molecule has 1 amide bonds. The number of nitrogens with one attached hydrogen (secondary N) is 1. The van der Waals surface area contributed by atoms with E-state index in [1.54, 1.807) is 6.07 Å². The fourth-order valence-electron chi connectivity index (χ4n) is 5.95. The van der Waals surface area contributed by atoms with E-state index >= 15 is 0 Å². The molecule has 43 heavy (non-hydrogen) atoms. The van der Waals surface area contributed by atoms with Crippen LogP contribution in [0.3, 0.4) is 0 Å². The van der Waals surface area contributed by atoms with E-state index in [0.717, 1.165) is 61.1 Å². The number of halogens is 3. The smallest absolute Gasteiger partial charge is 0.366 e. The Hall–Kier alpha value is -4.35. The normalized spacial score (nSPS) is 17.2. The standard InChI is InChI=1S/C35H33F3N4O/c36-35(37,38)28-15-12-27(13-16-28)23-39-33-22-31(34(43)42-20-6-9-29(42)24-41-18-4-5-19-41)30-21-26(14-17-32(30)40-33)11-10-25-7-2-1-3-8-25/h1-3,7-8,12-17,21-22,29H,4-6,9,18-20,23-24H2,(H,39,40)/t29-/m0/s1. The molecule has 6 rings (SSSR count). The molecule has 2 aliphatic rings. The zero-order valence-electron chi connectivity index (χ0n) is 23.8. The number of carbonyl (C=O) groups excluding carboxylic acids is 1. The third kappa shape index (κ3) is 6.84. The van der Waals surface area contributed by atoms with Crippen molar-refractivity contribution in [1.82, 2.24) is 14.8 Å². The van der Waals surface area contributed by atoms with E-state index < -0.39 is 11.7 Å². The van der Waals surface area contributed by atoms with Gasteiger partial charge in [-0.2, -0.15) is 13.2 Å². The molecule has 3 heterocycles. The zero-order chi connectivity index (χ0) is 29.8. The van der Waals surface area contributed by atoms with E-state index in [1.165, 1.54) is 25.0 Å². The lowest BCUT2D eigenvalue weighted by molar-refractivity contribution is -0.137. The van der Waals surface area contributed by atoms with Gasteiger partial charge in [-0.3, -0.25) is 4.79 Å². The van der Waals surface area contributed by atoms with Crippen LogP contribution < -0.4 is 5.32 Å². The highest BCUT2D eigenvalue weighted by atomic mass is 19.4. The lowest BCUT2D eigenvalue weighted by Gasteiger charge is -2.29. The first-order valence-electron chi connectivity index (χ1n) is 14.8. The second-order valence-corrected chi connectivity index (χ2v) is 11.3. The summed E-state index contributed by atoms with van der Waals surface area (Å²) in [6.07, 6.45) is -0.0152. The third-order valence-corrected chi connectivity index (χ3v) is 8.22. The number of pyridine rings is 1. The summed E-state index contributed by atoms with van der Waals surface area (Å²) in [5.74, 6) is 6.87. The predicted molar refractivity (Wildman–Crippen MR) is 163 cm³/mol. The average molecular weight is 583 g/mol. The van der Waals surface area contributed by atoms with Gasteiger partial charge in [-0.15, -0.1) is 0 Å². The van der Waals surface area contributed by atoms with Crippen molar-refractivity contribution in [2.45, 2.75) is 44.4 Å². The number of rotatable bonds is 6. The van der Waals surface area contributed by atoms with E-state index in [2.05, 4.69) is 22.1 Å². The second-order valence-electron chi connectivity index (χ2n) is 11.3. The molecule has 0 radical (unpaired) electrons. The minimum atomic E-state index is -4.38. The number of benzene rings is 3. The molecule has 0 unspecified atom stereocenters. The molecule has 1 aromatic heterocycles. The van der Waals surface area contributed by atoms with Gasteiger partial charge in [-0.05, 0) is 92.9 Å². The maximum Gasteiger partial charge on any atom is 0.416 e. The van der Waals surface area contributed by atoms with Gasteiger partial charge in [0, 0.05) is 42.2 Å². The Morgan fingerprint density at radius 1 is 0.884 bits per heavy atom. The van der Waals surface area contributed by atoms with E-state index in [0.29, 0.717) is 29.0 Å². The number of aromatic nitrogens is 1. The largest absolute Gasteiger partial charge is 0.416 e. The summed E-state index contributed by atoms with van der Waals surface area (Å²) in [6.45, 7) is 4.03. The number of hydrogen-bond donors (Lipinski definition) is 1. The molecule has 3 aromatic carbocycles. The van der Waals surface area contributed by atoms with Crippen LogP contribution in [0.25, 0.3) is 10.9 Å². The first-order valence-corrected chi connectivity index (χ1v) is 14.8. The van der Waals surface area contributed by atoms with Crippen molar-refractivity contribution in [3.05, 3.63) is 107 Å². The Morgan fingerprint density at radius 3 is 2.37 bits per heavy atom. The van der Waals surface area contributed by atoms with Gasteiger partial charge in [0.25, 0.3) is 5.91 Å². The average Bonchev–Trinajstić information content (AvgIpc) is 3.71. The molecule has 1 atom stereocenters. The molecule has 5 nitrogen and oxygen atoms in total. The summed E-state index contributed by atoms with van der Waals surface area (Å²) in [5.41, 5.74) is 2.89. The molecule has 2 aliphatic heterocycles. The van der Waals surface area contributed by atoms with Crippen LogP contribution in [0.1, 0.15) is 58.3 Å². The number of fused-ring (bicyclic) bond motifs is 1. The molecule has 2 fully saturated rings. The van der Waals surface area contributed by atoms with Crippen molar-refractivity contribution in [3.63, 3.8) is 0 Å². The minimum Gasteiger partial charge on any atom is -0.366 e. The highest BCUT2D eigenvalue weighted by molar-refractivity contribution is 6.07. The molecule has 8 heteroatoms. The molecule has 2 saturated heterocycles. The first-order chi connectivity index (χ1) is 20.8. The molecule has 4 aromatic rings. The Labute approximate surface area is 249 Å². The fourth-order valence-corrected chi connectivity index (χ4v) is 5.95. The first kappa shape index (κ1) is 28.8. The molecule has 0 aliphatic carbocycles. The van der Waals surface area contributed by atoms with Crippen LogP contribution in [0.5, 0.6) is 0 Å². The van der Waals surface area contributed by atoms with Gasteiger partial charge >= 0.3 is 6.18 Å². The summed E-state index contributed by atoms with van der Waals surface area (Å²) in [5, 5.41) is 3.96. The monoisotopic (exact) mass is 582 g/mol. The van der Waals surface area contributed by atoms with Gasteiger partial charge in [0.1, 0.15) is 5.82 Å². The lowest BCUT2D eigenvalue weighted by atomic mass is 10.0. The van der Waals surface area contributed by atoms with Crippen LogP contribution in [0.2, 0.25) is 0 Å². The van der Waals surface area contributed by atoms with Gasteiger partial charge in [-0.1, -0.05) is 42.2 Å². The number of carbonyl (C=O) groups is 1. The van der Waals surface area contributed by atoms with E-state index in [-0.39, 0.29) is 18.5 Å². The molecule has 0 spiro atoms. The van der Waals surface area contributed by atoms with Crippen molar-refractivity contribution in [2.24, 2.45) is 0 Å². The van der Waals surface area contributed by atoms with E-state index in [4.69, 9.17) is 4.98 Å². The van der Waals surface area contributed by atoms with Gasteiger partial charge in [-0.25, -0.2) is 4.98 Å². The maximum absolute atomic E-state index is 14.2. The SMILES string of the molecule is O=C(c1cc(NCc2ccc(C(F)(F)F)cc2)nc2ccc(C#Cc3ccccc3)cc12)N1CCC[C@H]1CN1CCCC1. The van der Waals surface area contributed by atoms with Crippen LogP contribution in [-0.4, -0.2) is 52.9 Å². The van der Waals surface area contributed by atoms with Crippen LogP contribution in [-0.2, 0) is 12.7 Å². The number of nitrogens with zero attached hydrogens (tertiary/aromatic N) is 3. The quantitative estimate of drug-likeness (QED) is 0.250. The Bertz CT molecular complexity index is 1650. The predicted octanol–water partition coefficient (Wildman–Crippen LogP) is 6.97. The molecule has 220 valence electrons. The van der Waals surface area contributed by atoms with E-state index in [1.807, 2.05) is 53.4 Å². The molecule has 0 saturated carbocycles. The molecule has 0 bridgehead atoms. The number of hydrogen-bond acceptors (Lipinski definition) is 4. The summed E-state index contributed by atoms with van der Waals surface area (Å²) in [4.78, 5) is 23.4. The number of amides is 1. The summed E-state index contributed by atoms with van der Waals surface area (Å²) < 4.78 is 39.0. The Morgan fingerprint density at radius 2 is 1.63 bits per heavy atom. The van der Waals surface area contributed by atoms with Crippen molar-refractivity contribution >= 4 is 22.6 Å². The Kier molecular flexibility index (Phi) is 8.35. The van der Waals surface area contributed by atoms with Crippen LogP contribution >= 0.6 is 0 Å². The summed E-state index contributed by atoms with van der Waals surface area (Å²) in [6, 6.07) is 22.4. The summed E-state index contributed by atoms with van der Waals surface area (Å²) in [7, 11) is 0. The maximum atomic E-state index is 14.2. The second kappa shape index (κ2) is 12.5. The van der Waals surface area contributed by atoms with E-state index in [9.17, 15) is 18.0 Å². The van der Waals surface area contributed by atoms with Gasteiger partial charge in [0.05, 0.1) is 16.6 Å². The van der Waals surface area contributed by atoms with Crippen LogP contribution in [0.15, 0.2) is 78.9 Å². The van der Waals surface area contributed by atoms with Crippen molar-refractivity contribution in [1.29, 1.82) is 0 Å². The lowest BCUT2D eigenvalue weighted by Crippen LogP contribution is -2.42. The highest BCUT2D eigenvalue weighted by Gasteiger charge is 2.33. The number of likely N-dealkylation sites (tertiary alicyclic amines) is 2. The zero-order valence-corrected chi connectivity index (χ0v) is 23.8. The summed E-state index contributed by atoms with van der Waals surface area (Å²) >= 11 is 0. The molecular formula is C35H33F3N4O. The van der Waals surface area contributed by atoms with Gasteiger partial charge < -0.3 is 15.1 Å². The topological polar surface area (TPSA) is 48.5 Å². The highest BCUT2D eigenvalue weighted by Crippen LogP contribution is 2.30. The molecule has 1 N–H and O–H groups in total. The fraction of sp³-hybridized carbons (Fsp3) is 0.314. The van der Waals surface area contributed by atoms with Crippen molar-refractivity contribution in [2.75, 3.05) is 31.5 Å². The van der Waals surface area contributed by atoms with Crippen LogP contribution in [0, 0.1) is 11.8 Å². The Balaban J connectivity index is 1.31. The molecular weight excluding hydrogens is 549 g/mol. The van der Waals surface area contributed by atoms with Gasteiger partial charge in [0.15, 0.2) is 0 Å². The third-order valence-electron chi connectivity index (χ3n) is 8.22. The number of anilines is 1. The number of alkyl halides is 3. The minimum absolute atomic E-state index is 0.0279. The van der Waals surface area contributed by atoms with Crippen molar-refractivity contribution < 1.29 is 18.0 Å².